The van der Waals surface area contributed by atoms with E-state index in [9.17, 15) is 9.18 Å². The van der Waals surface area contributed by atoms with Crippen LogP contribution in [-0.2, 0) is 0 Å². The maximum atomic E-state index is 13.3. The molecule has 7 nitrogen and oxygen atoms in total. The third kappa shape index (κ3) is 4.37. The molecule has 0 aliphatic carbocycles. The Morgan fingerprint density at radius 3 is 2.79 bits per heavy atom. The molecule has 2 heterocycles. The van der Waals surface area contributed by atoms with Gasteiger partial charge >= 0.3 is 6.01 Å². The highest BCUT2D eigenvalue weighted by molar-refractivity contribution is 5.94. The van der Waals surface area contributed by atoms with E-state index in [1.807, 2.05) is 0 Å². The van der Waals surface area contributed by atoms with Crippen molar-refractivity contribution in [3.05, 3.63) is 65.8 Å². The topological polar surface area (TPSA) is 77.7 Å². The van der Waals surface area contributed by atoms with Crippen LogP contribution in [0.3, 0.4) is 0 Å². The van der Waals surface area contributed by atoms with Crippen LogP contribution >= 0.6 is 0 Å². The first-order valence-corrected chi connectivity index (χ1v) is 9.33. The molecule has 1 amide bonds. The zero-order chi connectivity index (χ0) is 20.2. The number of halogens is 1. The van der Waals surface area contributed by atoms with Gasteiger partial charge in [0.25, 0.3) is 5.91 Å². The summed E-state index contributed by atoms with van der Waals surface area (Å²) in [5.74, 6) is 0.860. The molecule has 1 aromatic heterocycles. The molecule has 0 spiro atoms. The highest BCUT2D eigenvalue weighted by atomic mass is 19.1. The van der Waals surface area contributed by atoms with Crippen LogP contribution in [0.25, 0.3) is 0 Å². The van der Waals surface area contributed by atoms with Crippen LogP contribution in [-0.4, -0.2) is 41.1 Å². The first-order valence-electron chi connectivity index (χ1n) is 9.33. The zero-order valence-corrected chi connectivity index (χ0v) is 15.9. The summed E-state index contributed by atoms with van der Waals surface area (Å²) >= 11 is 0. The van der Waals surface area contributed by atoms with Gasteiger partial charge in [-0.25, -0.2) is 4.39 Å². The van der Waals surface area contributed by atoms with E-state index in [1.54, 1.807) is 42.3 Å². The van der Waals surface area contributed by atoms with Crippen molar-refractivity contribution < 1.29 is 23.2 Å². The number of carbonyl (C=O) groups excluding carboxylic acids is 1. The lowest BCUT2D eigenvalue weighted by Crippen LogP contribution is -2.39. The first-order chi connectivity index (χ1) is 14.1. The summed E-state index contributed by atoms with van der Waals surface area (Å²) in [5.41, 5.74) is 0.604. The van der Waals surface area contributed by atoms with Crippen molar-refractivity contribution >= 4 is 5.91 Å². The minimum atomic E-state index is -0.411. The summed E-state index contributed by atoms with van der Waals surface area (Å²) in [6, 6.07) is 12.8. The van der Waals surface area contributed by atoms with Gasteiger partial charge in [-0.05, 0) is 54.4 Å². The maximum Gasteiger partial charge on any atom is 0.359 e. The number of ether oxygens (including phenoxy) is 2. The number of rotatable bonds is 5. The van der Waals surface area contributed by atoms with Crippen LogP contribution in [0.15, 0.2) is 53.1 Å². The highest BCUT2D eigenvalue weighted by Gasteiger charge is 2.29. The minimum Gasteiger partial charge on any atom is -0.497 e. The maximum absolute atomic E-state index is 13.3. The van der Waals surface area contributed by atoms with Gasteiger partial charge in [0.2, 0.25) is 5.89 Å². The number of nitrogens with zero attached hydrogens (tertiary/aromatic N) is 3. The number of hydrogen-bond donors (Lipinski definition) is 0. The minimum absolute atomic E-state index is 0.0178. The Morgan fingerprint density at radius 1 is 1.21 bits per heavy atom. The fourth-order valence-electron chi connectivity index (χ4n) is 3.34. The monoisotopic (exact) mass is 397 g/mol. The molecule has 1 unspecified atom stereocenters. The van der Waals surface area contributed by atoms with E-state index in [1.165, 1.54) is 18.2 Å². The average Bonchev–Trinajstić information content (AvgIpc) is 3.22. The Labute approximate surface area is 167 Å². The van der Waals surface area contributed by atoms with E-state index >= 15 is 0 Å². The molecule has 0 saturated carbocycles. The Morgan fingerprint density at radius 2 is 2.03 bits per heavy atom. The molecule has 1 aliphatic rings. The van der Waals surface area contributed by atoms with Gasteiger partial charge in [-0.2, -0.15) is 4.98 Å². The van der Waals surface area contributed by atoms with E-state index in [0.717, 1.165) is 12.8 Å². The Kier molecular flexibility index (Phi) is 5.41. The van der Waals surface area contributed by atoms with Crippen LogP contribution in [0.2, 0.25) is 0 Å². The molecule has 1 saturated heterocycles. The van der Waals surface area contributed by atoms with E-state index in [-0.39, 0.29) is 23.6 Å². The lowest BCUT2D eigenvalue weighted by Gasteiger charge is -2.31. The second kappa shape index (κ2) is 8.30. The van der Waals surface area contributed by atoms with Gasteiger partial charge in [0.15, 0.2) is 0 Å². The Balaban J connectivity index is 1.43. The van der Waals surface area contributed by atoms with Crippen LogP contribution in [0, 0.1) is 5.82 Å². The largest absolute Gasteiger partial charge is 0.497 e. The number of benzene rings is 2. The first kappa shape index (κ1) is 18.9. The van der Waals surface area contributed by atoms with Gasteiger partial charge < -0.3 is 18.9 Å². The lowest BCUT2D eigenvalue weighted by atomic mass is 9.97. The van der Waals surface area contributed by atoms with Gasteiger partial charge in [0.1, 0.15) is 17.3 Å². The molecular weight excluding hydrogens is 377 g/mol. The predicted molar refractivity (Wildman–Crippen MR) is 102 cm³/mol. The molecule has 0 radical (unpaired) electrons. The summed E-state index contributed by atoms with van der Waals surface area (Å²) in [6.45, 7) is 1.15. The normalized spacial score (nSPS) is 16.5. The molecule has 29 heavy (non-hydrogen) atoms. The van der Waals surface area contributed by atoms with E-state index in [0.29, 0.717) is 30.3 Å². The van der Waals surface area contributed by atoms with E-state index in [2.05, 4.69) is 10.1 Å². The quantitative estimate of drug-likeness (QED) is 0.647. The summed E-state index contributed by atoms with van der Waals surface area (Å²) in [5, 5.41) is 3.82. The fraction of sp³-hybridized carbons (Fsp3) is 0.286. The highest BCUT2D eigenvalue weighted by Crippen LogP contribution is 2.29. The van der Waals surface area contributed by atoms with Gasteiger partial charge in [-0.1, -0.05) is 6.07 Å². The van der Waals surface area contributed by atoms with Crippen molar-refractivity contribution in [2.45, 2.75) is 18.8 Å². The number of hydrogen-bond acceptors (Lipinski definition) is 6. The van der Waals surface area contributed by atoms with Gasteiger partial charge in [0.05, 0.1) is 13.0 Å². The molecule has 150 valence electrons. The molecule has 1 atom stereocenters. The van der Waals surface area contributed by atoms with Crippen molar-refractivity contribution in [2.75, 3.05) is 20.2 Å². The molecular formula is C21H20FN3O4. The van der Waals surface area contributed by atoms with Crippen molar-refractivity contribution in [2.24, 2.45) is 0 Å². The number of amides is 1. The van der Waals surface area contributed by atoms with Gasteiger partial charge in [-0.3, -0.25) is 4.79 Å². The van der Waals surface area contributed by atoms with Crippen LogP contribution < -0.4 is 9.47 Å². The Hall–Kier alpha value is -3.42. The summed E-state index contributed by atoms with van der Waals surface area (Å²) in [4.78, 5) is 18.9. The third-order valence-corrected chi connectivity index (χ3v) is 4.82. The van der Waals surface area contributed by atoms with Crippen LogP contribution in [0.5, 0.6) is 17.5 Å². The smallest absolute Gasteiger partial charge is 0.359 e. The summed E-state index contributed by atoms with van der Waals surface area (Å²) in [6.07, 6.45) is 1.66. The predicted octanol–water partition coefficient (Wildman–Crippen LogP) is 4.03. The van der Waals surface area contributed by atoms with E-state index < -0.39 is 5.82 Å². The molecule has 0 bridgehead atoms. The lowest BCUT2D eigenvalue weighted by molar-refractivity contribution is 0.0695. The van der Waals surface area contributed by atoms with Crippen LogP contribution in [0.4, 0.5) is 4.39 Å². The SMILES string of the molecule is COc1ccc(C(=O)N2CCCC(c3nc(Oc4cccc(F)c4)no3)C2)cc1. The van der Waals surface area contributed by atoms with Gasteiger partial charge in [0, 0.05) is 24.7 Å². The number of piperidine rings is 1. The summed E-state index contributed by atoms with van der Waals surface area (Å²) in [7, 11) is 1.59. The molecule has 1 aliphatic heterocycles. The number of carbonyl (C=O) groups is 1. The van der Waals surface area contributed by atoms with Crippen molar-refractivity contribution in [1.82, 2.24) is 15.0 Å². The van der Waals surface area contributed by atoms with Crippen molar-refractivity contribution in [1.29, 1.82) is 0 Å². The molecule has 1 fully saturated rings. The standard InChI is InChI=1S/C21H20FN3O4/c1-27-17-9-7-14(8-10-17)20(26)25-11-3-4-15(13-25)19-23-21(24-29-19)28-18-6-2-5-16(22)12-18/h2,5-10,12,15H,3-4,11,13H2,1H3. The number of likely N-dealkylation sites (tertiary alicyclic amines) is 1. The zero-order valence-electron chi connectivity index (χ0n) is 15.9. The average molecular weight is 397 g/mol. The second-order valence-electron chi connectivity index (χ2n) is 6.79. The molecule has 2 aromatic carbocycles. The fourth-order valence-corrected chi connectivity index (χ4v) is 3.34. The third-order valence-electron chi connectivity index (χ3n) is 4.82. The second-order valence-corrected chi connectivity index (χ2v) is 6.79. The van der Waals surface area contributed by atoms with E-state index in [4.69, 9.17) is 14.0 Å². The van der Waals surface area contributed by atoms with Crippen LogP contribution in [0.1, 0.15) is 35.0 Å². The van der Waals surface area contributed by atoms with Gasteiger partial charge in [-0.15, -0.1) is 0 Å². The molecule has 8 heteroatoms. The summed E-state index contributed by atoms with van der Waals surface area (Å²) < 4.78 is 29.2. The molecule has 4 rings (SSSR count). The number of aromatic nitrogens is 2. The Bertz CT molecular complexity index is 990. The van der Waals surface area contributed by atoms with Crippen molar-refractivity contribution in [3.63, 3.8) is 0 Å². The van der Waals surface area contributed by atoms with Crippen molar-refractivity contribution in [3.8, 4) is 17.5 Å². The molecule has 3 aromatic rings. The number of methoxy groups -OCH3 is 1. The molecule has 0 N–H and O–H groups in total.